The van der Waals surface area contributed by atoms with Crippen molar-refractivity contribution in [3.8, 4) is 0 Å². The van der Waals surface area contributed by atoms with E-state index < -0.39 is 0 Å². The summed E-state index contributed by atoms with van der Waals surface area (Å²) in [6.07, 6.45) is 0. The predicted octanol–water partition coefficient (Wildman–Crippen LogP) is 4.27. The van der Waals surface area contributed by atoms with Gasteiger partial charge in [-0.3, -0.25) is 9.59 Å². The number of fused-ring (bicyclic) bond motifs is 4. The van der Waals surface area contributed by atoms with Crippen molar-refractivity contribution in [2.45, 2.75) is 0 Å². The number of hydrogen-bond acceptors (Lipinski definition) is 2. The smallest absolute Gasteiger partial charge is 0.195 e. The molecule has 0 aromatic heterocycles. The Bertz CT molecular complexity index is 941. The molecule has 3 heteroatoms. The molecule has 0 aliphatic heterocycles. The van der Waals surface area contributed by atoms with Crippen LogP contribution in [0.1, 0.15) is 31.8 Å². The molecule has 1 aliphatic carbocycles. The first-order valence-electron chi connectivity index (χ1n) is 6.57. The Kier molecular flexibility index (Phi) is 2.50. The third-order valence-corrected chi connectivity index (χ3v) is 4.11. The Morgan fingerprint density at radius 2 is 1.38 bits per heavy atom. The molecule has 1 aliphatic rings. The Labute approximate surface area is 126 Å². The van der Waals surface area contributed by atoms with Crippen molar-refractivity contribution in [1.82, 2.24) is 0 Å². The van der Waals surface area contributed by atoms with E-state index in [9.17, 15) is 9.59 Å². The summed E-state index contributed by atoms with van der Waals surface area (Å²) in [5.74, 6) is -0.227. The van der Waals surface area contributed by atoms with Crippen LogP contribution in [0.4, 0.5) is 0 Å². The predicted molar refractivity (Wildman–Crippen MR) is 82.3 cm³/mol. The molecule has 2 nitrogen and oxygen atoms in total. The van der Waals surface area contributed by atoms with Crippen LogP contribution in [0.5, 0.6) is 0 Å². The molecular formula is C18H9ClO2. The number of rotatable bonds is 0. The number of halogens is 1. The first-order valence-corrected chi connectivity index (χ1v) is 6.95. The highest BCUT2D eigenvalue weighted by molar-refractivity contribution is 6.34. The normalized spacial score (nSPS) is 13.2. The fourth-order valence-corrected chi connectivity index (χ4v) is 3.06. The summed E-state index contributed by atoms with van der Waals surface area (Å²) >= 11 is 6.05. The van der Waals surface area contributed by atoms with Crippen LogP contribution in [-0.4, -0.2) is 11.6 Å². The highest BCUT2D eigenvalue weighted by atomic mass is 35.5. The lowest BCUT2D eigenvalue weighted by atomic mass is 9.82. The van der Waals surface area contributed by atoms with Gasteiger partial charge in [0.2, 0.25) is 0 Å². The van der Waals surface area contributed by atoms with Gasteiger partial charge in [-0.1, -0.05) is 48.0 Å². The van der Waals surface area contributed by atoms with E-state index in [0.29, 0.717) is 27.3 Å². The van der Waals surface area contributed by atoms with Crippen molar-refractivity contribution in [2.75, 3.05) is 0 Å². The zero-order valence-electron chi connectivity index (χ0n) is 10.9. The minimum Gasteiger partial charge on any atom is -0.289 e. The largest absolute Gasteiger partial charge is 0.289 e. The van der Waals surface area contributed by atoms with E-state index in [2.05, 4.69) is 0 Å². The summed E-state index contributed by atoms with van der Waals surface area (Å²) in [6.45, 7) is 0. The van der Waals surface area contributed by atoms with Gasteiger partial charge in [0, 0.05) is 27.3 Å². The summed E-state index contributed by atoms with van der Waals surface area (Å²) in [5, 5.41) is 2.18. The molecule has 0 saturated carbocycles. The zero-order valence-corrected chi connectivity index (χ0v) is 11.6. The van der Waals surface area contributed by atoms with Gasteiger partial charge in [-0.05, 0) is 29.0 Å². The quantitative estimate of drug-likeness (QED) is 0.485. The van der Waals surface area contributed by atoms with E-state index in [1.165, 1.54) is 0 Å². The Morgan fingerprint density at radius 1 is 0.714 bits per heavy atom. The van der Waals surface area contributed by atoms with Gasteiger partial charge in [0.05, 0.1) is 0 Å². The first kappa shape index (κ1) is 12.3. The Balaban J connectivity index is 2.13. The average Bonchev–Trinajstić information content (AvgIpc) is 2.51. The second kappa shape index (κ2) is 4.27. The van der Waals surface area contributed by atoms with Gasteiger partial charge >= 0.3 is 0 Å². The molecule has 0 atom stereocenters. The number of ketones is 2. The van der Waals surface area contributed by atoms with E-state index in [1.54, 1.807) is 42.5 Å². The number of hydrogen-bond donors (Lipinski definition) is 0. The molecule has 0 saturated heterocycles. The maximum atomic E-state index is 12.8. The van der Waals surface area contributed by atoms with Crippen molar-refractivity contribution in [3.63, 3.8) is 0 Å². The minimum absolute atomic E-state index is 0.109. The molecule has 21 heavy (non-hydrogen) atoms. The maximum Gasteiger partial charge on any atom is 0.195 e. The summed E-state index contributed by atoms with van der Waals surface area (Å²) in [4.78, 5) is 25.4. The van der Waals surface area contributed by atoms with Gasteiger partial charge in [0.15, 0.2) is 11.6 Å². The van der Waals surface area contributed by atoms with Crippen molar-refractivity contribution in [2.24, 2.45) is 0 Å². The Morgan fingerprint density at radius 3 is 2.14 bits per heavy atom. The average molecular weight is 293 g/mol. The van der Waals surface area contributed by atoms with E-state index in [1.807, 2.05) is 12.1 Å². The summed E-state index contributed by atoms with van der Waals surface area (Å²) < 4.78 is 0. The topological polar surface area (TPSA) is 34.1 Å². The molecule has 0 fully saturated rings. The lowest BCUT2D eigenvalue weighted by Gasteiger charge is -2.19. The lowest BCUT2D eigenvalue weighted by molar-refractivity contribution is 0.0980. The van der Waals surface area contributed by atoms with Crippen molar-refractivity contribution in [3.05, 3.63) is 81.9 Å². The van der Waals surface area contributed by atoms with Gasteiger partial charge in [-0.2, -0.15) is 0 Å². The molecule has 4 rings (SSSR count). The van der Waals surface area contributed by atoms with Crippen molar-refractivity contribution in [1.29, 1.82) is 0 Å². The standard InChI is InChI=1S/C18H9ClO2/c19-11-7-5-10-6-8-14-16(15(10)9-11)18(21)13-4-2-1-3-12(13)17(14)20/h1-9H. The number of benzene rings is 3. The van der Waals surface area contributed by atoms with Crippen LogP contribution < -0.4 is 0 Å². The maximum absolute atomic E-state index is 12.8. The first-order chi connectivity index (χ1) is 10.2. The molecule has 0 heterocycles. The van der Waals surface area contributed by atoms with Gasteiger partial charge in [0.25, 0.3) is 0 Å². The van der Waals surface area contributed by atoms with Crippen LogP contribution in [0.2, 0.25) is 5.02 Å². The molecule has 0 unspecified atom stereocenters. The van der Waals surface area contributed by atoms with Crippen LogP contribution in [-0.2, 0) is 0 Å². The zero-order chi connectivity index (χ0) is 14.6. The number of carbonyl (C=O) groups is 2. The molecule has 3 aromatic carbocycles. The van der Waals surface area contributed by atoms with Gasteiger partial charge in [-0.15, -0.1) is 0 Å². The van der Waals surface area contributed by atoms with Crippen molar-refractivity contribution < 1.29 is 9.59 Å². The van der Waals surface area contributed by atoms with E-state index >= 15 is 0 Å². The van der Waals surface area contributed by atoms with E-state index in [4.69, 9.17) is 11.6 Å². The highest BCUT2D eigenvalue weighted by Crippen LogP contribution is 2.33. The monoisotopic (exact) mass is 292 g/mol. The Hall–Kier alpha value is -2.45. The number of carbonyl (C=O) groups excluding carboxylic acids is 2. The lowest BCUT2D eigenvalue weighted by Crippen LogP contribution is -2.21. The fourth-order valence-electron chi connectivity index (χ4n) is 2.88. The summed E-state index contributed by atoms with van der Waals surface area (Å²) in [6, 6.07) is 15.9. The van der Waals surface area contributed by atoms with E-state index in [-0.39, 0.29) is 11.6 Å². The van der Waals surface area contributed by atoms with Crippen LogP contribution in [0.25, 0.3) is 10.8 Å². The molecule has 0 bridgehead atoms. The van der Waals surface area contributed by atoms with Gasteiger partial charge in [0.1, 0.15) is 0 Å². The van der Waals surface area contributed by atoms with Crippen LogP contribution >= 0.6 is 11.6 Å². The van der Waals surface area contributed by atoms with E-state index in [0.717, 1.165) is 10.8 Å². The minimum atomic E-state index is -0.118. The van der Waals surface area contributed by atoms with Crippen molar-refractivity contribution >= 4 is 33.9 Å². The highest BCUT2D eigenvalue weighted by Gasteiger charge is 2.30. The molecular weight excluding hydrogens is 284 g/mol. The fraction of sp³-hybridized carbons (Fsp3) is 0. The van der Waals surface area contributed by atoms with Crippen LogP contribution in [0, 0.1) is 0 Å². The molecule has 0 amide bonds. The van der Waals surface area contributed by atoms with Crippen LogP contribution in [0.3, 0.4) is 0 Å². The summed E-state index contributed by atoms with van der Waals surface area (Å²) in [5.41, 5.74) is 1.84. The van der Waals surface area contributed by atoms with Crippen LogP contribution in [0.15, 0.2) is 54.6 Å². The second-order valence-corrected chi connectivity index (χ2v) is 5.49. The molecule has 0 radical (unpaired) electrons. The second-order valence-electron chi connectivity index (χ2n) is 5.06. The molecule has 0 spiro atoms. The molecule has 100 valence electrons. The summed E-state index contributed by atoms with van der Waals surface area (Å²) in [7, 11) is 0. The molecule has 0 N–H and O–H groups in total. The SMILES string of the molecule is O=C1c2ccccc2C(=O)c2c1ccc1ccc(Cl)cc21. The van der Waals surface area contributed by atoms with Gasteiger partial charge in [-0.25, -0.2) is 0 Å². The van der Waals surface area contributed by atoms with Gasteiger partial charge < -0.3 is 0 Å². The third kappa shape index (κ3) is 1.66. The molecule has 3 aromatic rings. The third-order valence-electron chi connectivity index (χ3n) is 3.87.